The first-order chi connectivity index (χ1) is 16.1. The maximum atomic E-state index is 13.2. The number of nitrogens with one attached hydrogen (secondary N) is 3. The molecule has 1 aliphatic heterocycles. The summed E-state index contributed by atoms with van der Waals surface area (Å²) in [5.41, 5.74) is 5.29. The molecule has 0 saturated heterocycles. The van der Waals surface area contributed by atoms with Gasteiger partial charge in [0, 0.05) is 29.7 Å². The highest BCUT2D eigenvalue weighted by molar-refractivity contribution is 7.78. The minimum absolute atomic E-state index is 0.117. The monoisotopic (exact) mass is 456 g/mol. The Morgan fingerprint density at radius 2 is 1.97 bits per heavy atom. The summed E-state index contributed by atoms with van der Waals surface area (Å²) >= 11 is 4.16. The van der Waals surface area contributed by atoms with Gasteiger partial charge in [0.05, 0.1) is 24.4 Å². The fourth-order valence-corrected chi connectivity index (χ4v) is 3.75. The van der Waals surface area contributed by atoms with Gasteiger partial charge < -0.3 is 16.0 Å². The molecule has 7 nitrogen and oxygen atoms in total. The van der Waals surface area contributed by atoms with Gasteiger partial charge in [0.2, 0.25) is 5.91 Å². The topological polar surface area (TPSA) is 94.8 Å². The van der Waals surface area contributed by atoms with Crippen molar-refractivity contribution in [1.82, 2.24) is 25.1 Å². The molecule has 0 fully saturated rings. The number of nitrogens with zero attached hydrogens (tertiary/aromatic N) is 3. The van der Waals surface area contributed by atoms with E-state index in [-0.39, 0.29) is 5.91 Å². The maximum absolute atomic E-state index is 13.2. The molecule has 2 heterocycles. The molecule has 0 spiro atoms. The number of hydrogen-bond acceptors (Lipinski definition) is 6. The zero-order valence-electron chi connectivity index (χ0n) is 17.9. The zero-order chi connectivity index (χ0) is 23.0. The predicted octanol–water partition coefficient (Wildman–Crippen LogP) is 2.97. The number of thiol groups is 1. The summed E-state index contributed by atoms with van der Waals surface area (Å²) in [6.07, 6.45) is 8.10. The van der Waals surface area contributed by atoms with E-state index in [1.165, 1.54) is 4.09 Å². The van der Waals surface area contributed by atoms with Crippen molar-refractivity contribution < 1.29 is 4.79 Å². The molecule has 3 aromatic rings. The maximum Gasteiger partial charge on any atom is 0.245 e. The summed E-state index contributed by atoms with van der Waals surface area (Å²) in [6.45, 7) is 1.12. The van der Waals surface area contributed by atoms with Crippen molar-refractivity contribution in [2.45, 2.75) is 12.5 Å². The van der Waals surface area contributed by atoms with E-state index in [0.29, 0.717) is 18.7 Å². The minimum Gasteiger partial charge on any atom is -0.379 e. The van der Waals surface area contributed by atoms with E-state index in [1.54, 1.807) is 6.20 Å². The summed E-state index contributed by atoms with van der Waals surface area (Å²) in [5.74, 6) is -0.117. The van der Waals surface area contributed by atoms with Crippen LogP contribution in [0.1, 0.15) is 28.3 Å². The lowest BCUT2D eigenvalue weighted by atomic mass is 10.0. The largest absolute Gasteiger partial charge is 0.379 e. The number of rotatable bonds is 8. The molecule has 4 rings (SSSR count). The van der Waals surface area contributed by atoms with E-state index in [2.05, 4.69) is 39.9 Å². The van der Waals surface area contributed by atoms with E-state index in [0.717, 1.165) is 34.5 Å². The average Bonchev–Trinajstić information content (AvgIpc) is 3.29. The number of benzene rings is 2. The highest BCUT2D eigenvalue weighted by atomic mass is 32.1. The van der Waals surface area contributed by atoms with Crippen LogP contribution in [0.5, 0.6) is 0 Å². The van der Waals surface area contributed by atoms with E-state index >= 15 is 0 Å². The second-order valence-corrected chi connectivity index (χ2v) is 8.03. The van der Waals surface area contributed by atoms with Gasteiger partial charge in [-0.05, 0) is 54.6 Å². The Hall–Kier alpha value is -3.80. The Bertz CT molecular complexity index is 1210. The molecule has 2 aromatic carbocycles. The fraction of sp³-hybridized carbons (Fsp3) is 0.160. The summed E-state index contributed by atoms with van der Waals surface area (Å²) in [7, 11) is 0. The third-order valence-electron chi connectivity index (χ3n) is 5.33. The lowest BCUT2D eigenvalue weighted by molar-refractivity contribution is -0.122. The molecule has 3 N–H and O–H groups in total. The highest BCUT2D eigenvalue weighted by Crippen LogP contribution is 2.17. The zero-order valence-corrected chi connectivity index (χ0v) is 18.8. The Labute approximate surface area is 198 Å². The lowest BCUT2D eigenvalue weighted by Crippen LogP contribution is -2.40. The SMILES string of the molecule is N#Cc1ccc(CCNC(C(=O)NC2=CC=C(c3cnn(S)c3)NC2)c2ccccc2)cc1. The van der Waals surface area contributed by atoms with Gasteiger partial charge in [0.25, 0.3) is 0 Å². The van der Waals surface area contributed by atoms with Crippen molar-refractivity contribution in [2.24, 2.45) is 0 Å². The number of nitriles is 1. The molecule has 8 heteroatoms. The van der Waals surface area contributed by atoms with Crippen LogP contribution in [0.25, 0.3) is 5.70 Å². The van der Waals surface area contributed by atoms with Gasteiger partial charge in [-0.25, -0.2) is 4.09 Å². The van der Waals surface area contributed by atoms with Crippen LogP contribution in [0, 0.1) is 11.3 Å². The van der Waals surface area contributed by atoms with Crippen LogP contribution in [0.2, 0.25) is 0 Å². The van der Waals surface area contributed by atoms with E-state index < -0.39 is 6.04 Å². The smallest absolute Gasteiger partial charge is 0.245 e. The van der Waals surface area contributed by atoms with Gasteiger partial charge in [-0.2, -0.15) is 10.4 Å². The number of carbonyl (C=O) groups excluding carboxylic acids is 1. The third-order valence-corrected chi connectivity index (χ3v) is 5.54. The second-order valence-electron chi connectivity index (χ2n) is 7.62. The molecule has 1 unspecified atom stereocenters. The number of dihydropyridines is 1. The highest BCUT2D eigenvalue weighted by Gasteiger charge is 2.21. The van der Waals surface area contributed by atoms with Crippen LogP contribution >= 0.6 is 12.8 Å². The number of allylic oxidation sites excluding steroid dienone is 2. The van der Waals surface area contributed by atoms with Gasteiger partial charge in [-0.15, -0.1) is 0 Å². The van der Waals surface area contributed by atoms with E-state index in [1.807, 2.05) is 72.9 Å². The Morgan fingerprint density at radius 3 is 2.61 bits per heavy atom. The molecule has 1 aliphatic rings. The van der Waals surface area contributed by atoms with Gasteiger partial charge in [0.15, 0.2) is 0 Å². The molecule has 1 amide bonds. The van der Waals surface area contributed by atoms with Crippen molar-refractivity contribution in [2.75, 3.05) is 13.1 Å². The van der Waals surface area contributed by atoms with Crippen LogP contribution in [0.3, 0.4) is 0 Å². The van der Waals surface area contributed by atoms with E-state index in [4.69, 9.17) is 5.26 Å². The molecule has 0 saturated carbocycles. The molecule has 0 aliphatic carbocycles. The number of aromatic nitrogens is 2. The first-order valence-corrected chi connectivity index (χ1v) is 11.0. The average molecular weight is 457 g/mol. The molecular weight excluding hydrogens is 432 g/mol. The number of carbonyl (C=O) groups is 1. The third kappa shape index (κ3) is 5.92. The van der Waals surface area contributed by atoms with Crippen molar-refractivity contribution in [3.63, 3.8) is 0 Å². The van der Waals surface area contributed by atoms with Crippen LogP contribution in [0.4, 0.5) is 0 Å². The first kappa shape index (κ1) is 22.4. The summed E-state index contributed by atoms with van der Waals surface area (Å²) in [6, 6.07) is 18.8. The van der Waals surface area contributed by atoms with Crippen molar-refractivity contribution >= 4 is 24.4 Å². The molecule has 1 atom stereocenters. The Kier molecular flexibility index (Phi) is 7.25. The molecule has 33 heavy (non-hydrogen) atoms. The van der Waals surface area contributed by atoms with Gasteiger partial charge in [0.1, 0.15) is 6.04 Å². The van der Waals surface area contributed by atoms with Crippen molar-refractivity contribution in [1.29, 1.82) is 5.26 Å². The van der Waals surface area contributed by atoms with Gasteiger partial charge >= 0.3 is 0 Å². The summed E-state index contributed by atoms with van der Waals surface area (Å²) < 4.78 is 1.45. The lowest BCUT2D eigenvalue weighted by Gasteiger charge is -2.22. The first-order valence-electron chi connectivity index (χ1n) is 10.6. The van der Waals surface area contributed by atoms with Crippen LogP contribution < -0.4 is 16.0 Å². The van der Waals surface area contributed by atoms with Crippen LogP contribution in [0.15, 0.2) is 84.8 Å². The quantitative estimate of drug-likeness (QED) is 0.391. The molecule has 166 valence electrons. The van der Waals surface area contributed by atoms with E-state index in [9.17, 15) is 4.79 Å². The normalized spacial score (nSPS) is 13.8. The predicted molar refractivity (Wildman–Crippen MR) is 131 cm³/mol. The molecular formula is C25H24N6OS. The molecule has 0 bridgehead atoms. The standard InChI is InChI=1S/C25H24N6OS/c26-14-19-8-6-18(7-9-19)12-13-27-24(20-4-2-1-3-5-20)25(32)30-22-10-11-23(28-16-22)21-15-29-31(33)17-21/h1-11,15,17,24,27-28,33H,12-13,16H2,(H,30,32). The summed E-state index contributed by atoms with van der Waals surface area (Å²) in [5, 5.41) is 22.7. The van der Waals surface area contributed by atoms with Crippen molar-refractivity contribution in [3.8, 4) is 6.07 Å². The fourth-order valence-electron chi connectivity index (χ4n) is 3.57. The van der Waals surface area contributed by atoms with Crippen LogP contribution in [-0.4, -0.2) is 28.2 Å². The summed E-state index contributed by atoms with van der Waals surface area (Å²) in [4.78, 5) is 13.2. The molecule has 1 aromatic heterocycles. The van der Waals surface area contributed by atoms with Crippen molar-refractivity contribution in [3.05, 3.63) is 107 Å². The van der Waals surface area contributed by atoms with Gasteiger partial charge in [-0.3, -0.25) is 4.79 Å². The molecule has 0 radical (unpaired) electrons. The Morgan fingerprint density at radius 1 is 1.18 bits per heavy atom. The Balaban J connectivity index is 1.41. The van der Waals surface area contributed by atoms with Crippen LogP contribution in [-0.2, 0) is 11.2 Å². The minimum atomic E-state index is -0.488. The number of amides is 1. The van der Waals surface area contributed by atoms with Gasteiger partial charge in [-0.1, -0.05) is 42.5 Å². The second kappa shape index (κ2) is 10.7. The number of hydrogen-bond donors (Lipinski definition) is 4.